The monoisotopic (exact) mass is 393 g/mol. The van der Waals surface area contributed by atoms with Crippen LogP contribution < -0.4 is 11.0 Å². The van der Waals surface area contributed by atoms with E-state index in [9.17, 15) is 9.59 Å². The molecule has 0 atom stereocenters. The van der Waals surface area contributed by atoms with E-state index in [1.54, 1.807) is 54.7 Å². The highest BCUT2D eigenvalue weighted by Gasteiger charge is 2.17. The lowest BCUT2D eigenvalue weighted by molar-refractivity contribution is 0.101. The van der Waals surface area contributed by atoms with Crippen molar-refractivity contribution < 1.29 is 4.79 Å². The van der Waals surface area contributed by atoms with E-state index >= 15 is 0 Å². The van der Waals surface area contributed by atoms with E-state index in [0.717, 1.165) is 10.2 Å². The van der Waals surface area contributed by atoms with Gasteiger partial charge in [0.1, 0.15) is 5.69 Å². The second kappa shape index (κ2) is 7.21. The molecule has 0 bridgehead atoms. The van der Waals surface area contributed by atoms with Crippen LogP contribution in [0.1, 0.15) is 10.4 Å². The van der Waals surface area contributed by atoms with Gasteiger partial charge in [-0.15, -0.1) is 0 Å². The minimum atomic E-state index is -0.426. The van der Waals surface area contributed by atoms with Crippen molar-refractivity contribution in [3.8, 4) is 11.5 Å². The van der Waals surface area contributed by atoms with Gasteiger partial charge in [-0.2, -0.15) is 4.68 Å². The first-order valence-electron chi connectivity index (χ1n) is 9.31. The van der Waals surface area contributed by atoms with E-state index in [-0.39, 0.29) is 5.82 Å². The number of carbonyl (C=O) groups is 1. The van der Waals surface area contributed by atoms with Crippen LogP contribution in [0.3, 0.4) is 0 Å². The van der Waals surface area contributed by atoms with Crippen LogP contribution in [-0.2, 0) is 0 Å². The molecule has 5 rings (SSSR count). The van der Waals surface area contributed by atoms with Gasteiger partial charge in [0.25, 0.3) is 11.5 Å². The van der Waals surface area contributed by atoms with Gasteiger partial charge >= 0.3 is 0 Å². The molecule has 0 radical (unpaired) electrons. The Morgan fingerprint density at radius 2 is 1.43 bits per heavy atom. The lowest BCUT2D eigenvalue weighted by Crippen LogP contribution is -2.35. The van der Waals surface area contributed by atoms with E-state index in [2.05, 4.69) is 20.4 Å². The van der Waals surface area contributed by atoms with Crippen LogP contribution in [0.2, 0.25) is 0 Å². The van der Waals surface area contributed by atoms with Gasteiger partial charge in [0, 0.05) is 5.56 Å². The summed E-state index contributed by atoms with van der Waals surface area (Å²) in [5.41, 5.74) is 4.98. The highest BCUT2D eigenvalue weighted by molar-refractivity contribution is 6.00. The van der Waals surface area contributed by atoms with Gasteiger partial charge in [-0.3, -0.25) is 20.0 Å². The van der Waals surface area contributed by atoms with Gasteiger partial charge in [-0.1, -0.05) is 42.5 Å². The molecule has 0 saturated carbocycles. The van der Waals surface area contributed by atoms with Crippen molar-refractivity contribution in [1.82, 2.24) is 19.6 Å². The number of rotatable bonds is 3. The number of carbonyl (C=O) groups excluding carboxylic acids is 1. The Morgan fingerprint density at radius 3 is 2.23 bits per heavy atom. The first-order chi connectivity index (χ1) is 14.7. The van der Waals surface area contributed by atoms with Crippen LogP contribution in [0.25, 0.3) is 33.5 Å². The van der Waals surface area contributed by atoms with E-state index in [4.69, 9.17) is 0 Å². The minimum Gasteiger partial charge on any atom is -0.267 e. The maximum Gasteiger partial charge on any atom is 0.280 e. The van der Waals surface area contributed by atoms with Crippen LogP contribution in [-0.4, -0.2) is 25.5 Å². The van der Waals surface area contributed by atoms with Crippen molar-refractivity contribution in [3.05, 3.63) is 101 Å². The van der Waals surface area contributed by atoms with Crippen LogP contribution in [0, 0.1) is 0 Å². The summed E-state index contributed by atoms with van der Waals surface area (Å²) < 4.78 is 1.14. The van der Waals surface area contributed by atoms with Gasteiger partial charge in [-0.05, 0) is 36.4 Å². The zero-order valence-corrected chi connectivity index (χ0v) is 15.7. The zero-order chi connectivity index (χ0) is 20.5. The summed E-state index contributed by atoms with van der Waals surface area (Å²) in [5.74, 6) is -0.217. The number of para-hydroxylation sites is 3. The Balaban J connectivity index is 1.72. The fraction of sp³-hybridized carbons (Fsp3) is 0. The van der Waals surface area contributed by atoms with Crippen molar-refractivity contribution in [2.24, 2.45) is 0 Å². The molecule has 30 heavy (non-hydrogen) atoms. The molecule has 0 unspecified atom stereocenters. The molecular weight excluding hydrogens is 378 g/mol. The number of nitrogens with zero attached hydrogens (tertiary/aromatic N) is 4. The van der Waals surface area contributed by atoms with Crippen LogP contribution in [0.15, 0.2) is 89.9 Å². The quantitative estimate of drug-likeness (QED) is 0.507. The summed E-state index contributed by atoms with van der Waals surface area (Å²) in [6.07, 6.45) is 1.55. The number of aromatic nitrogens is 4. The molecule has 0 aliphatic heterocycles. The summed E-state index contributed by atoms with van der Waals surface area (Å²) >= 11 is 0. The average Bonchev–Trinajstić information content (AvgIpc) is 2.81. The molecule has 0 aliphatic carbocycles. The predicted octanol–water partition coefficient (Wildman–Crippen LogP) is 3.39. The first-order valence-corrected chi connectivity index (χ1v) is 9.31. The maximum atomic E-state index is 13.2. The molecule has 5 aromatic rings. The number of amides is 1. The molecule has 0 aliphatic rings. The van der Waals surface area contributed by atoms with Crippen molar-refractivity contribution >= 4 is 27.8 Å². The molecule has 1 amide bonds. The van der Waals surface area contributed by atoms with E-state index in [0.29, 0.717) is 27.7 Å². The van der Waals surface area contributed by atoms with Crippen molar-refractivity contribution in [2.75, 3.05) is 5.43 Å². The molecule has 3 aromatic carbocycles. The fourth-order valence-electron chi connectivity index (χ4n) is 3.23. The molecule has 144 valence electrons. The highest BCUT2D eigenvalue weighted by atomic mass is 16.2. The SMILES string of the molecule is O=C(Nn1c(-c2cnc3ccccc3n2)nc2ccccc2c1=O)c1ccccc1. The zero-order valence-electron chi connectivity index (χ0n) is 15.7. The summed E-state index contributed by atoms with van der Waals surface area (Å²) in [6, 6.07) is 23.1. The maximum absolute atomic E-state index is 13.2. The Bertz CT molecular complexity index is 1460. The van der Waals surface area contributed by atoms with E-state index in [1.807, 2.05) is 30.3 Å². The van der Waals surface area contributed by atoms with Crippen molar-refractivity contribution in [2.45, 2.75) is 0 Å². The number of benzene rings is 3. The van der Waals surface area contributed by atoms with E-state index < -0.39 is 11.5 Å². The fourth-order valence-corrected chi connectivity index (χ4v) is 3.23. The third kappa shape index (κ3) is 3.08. The molecule has 0 spiro atoms. The number of hydrogen-bond acceptors (Lipinski definition) is 5. The molecule has 1 N–H and O–H groups in total. The van der Waals surface area contributed by atoms with Gasteiger partial charge in [-0.25, -0.2) is 9.97 Å². The predicted molar refractivity (Wildman–Crippen MR) is 115 cm³/mol. The molecule has 0 saturated heterocycles. The average molecular weight is 393 g/mol. The smallest absolute Gasteiger partial charge is 0.267 e. The third-order valence-corrected chi connectivity index (χ3v) is 4.70. The molecule has 2 aromatic heterocycles. The Labute approximate surface area is 170 Å². The summed E-state index contributed by atoms with van der Waals surface area (Å²) in [4.78, 5) is 39.6. The lowest BCUT2D eigenvalue weighted by Gasteiger charge is -2.14. The Morgan fingerprint density at radius 1 is 0.767 bits per heavy atom. The van der Waals surface area contributed by atoms with Crippen LogP contribution >= 0.6 is 0 Å². The summed E-state index contributed by atoms with van der Waals surface area (Å²) in [5, 5.41) is 0.392. The third-order valence-electron chi connectivity index (χ3n) is 4.70. The van der Waals surface area contributed by atoms with Crippen LogP contribution in [0.4, 0.5) is 0 Å². The molecule has 0 fully saturated rings. The van der Waals surface area contributed by atoms with Crippen molar-refractivity contribution in [3.63, 3.8) is 0 Å². The Kier molecular flexibility index (Phi) is 4.25. The molecule has 7 nitrogen and oxygen atoms in total. The molecule has 7 heteroatoms. The second-order valence-electron chi connectivity index (χ2n) is 6.64. The van der Waals surface area contributed by atoms with Crippen molar-refractivity contribution in [1.29, 1.82) is 0 Å². The minimum absolute atomic E-state index is 0.209. The standard InChI is InChI=1S/C23H15N5O2/c29-22(15-8-2-1-3-9-15)27-28-21(26-17-11-5-4-10-16(17)23(28)30)20-14-24-18-12-6-7-13-19(18)25-20/h1-14H,(H,27,29). The molecular formula is C23H15N5O2. The second-order valence-corrected chi connectivity index (χ2v) is 6.64. The van der Waals surface area contributed by atoms with Gasteiger partial charge in [0.05, 0.1) is 28.1 Å². The largest absolute Gasteiger partial charge is 0.280 e. The first kappa shape index (κ1) is 17.7. The topological polar surface area (TPSA) is 89.8 Å². The molecule has 2 heterocycles. The van der Waals surface area contributed by atoms with E-state index in [1.165, 1.54) is 0 Å². The summed E-state index contributed by atoms with van der Waals surface area (Å²) in [7, 11) is 0. The normalized spacial score (nSPS) is 10.9. The van der Waals surface area contributed by atoms with Gasteiger partial charge in [0.2, 0.25) is 0 Å². The number of hydrogen-bond donors (Lipinski definition) is 1. The van der Waals surface area contributed by atoms with Crippen LogP contribution in [0.5, 0.6) is 0 Å². The number of nitrogens with one attached hydrogen (secondary N) is 1. The number of fused-ring (bicyclic) bond motifs is 2. The lowest BCUT2D eigenvalue weighted by atomic mass is 10.2. The Hall–Kier alpha value is -4.39. The van der Waals surface area contributed by atoms with Gasteiger partial charge < -0.3 is 0 Å². The van der Waals surface area contributed by atoms with Gasteiger partial charge in [0.15, 0.2) is 5.82 Å². The highest BCUT2D eigenvalue weighted by Crippen LogP contribution is 2.18. The summed E-state index contributed by atoms with van der Waals surface area (Å²) in [6.45, 7) is 0.